The van der Waals surface area contributed by atoms with Crippen LogP contribution in [0.1, 0.15) is 33.4 Å². The van der Waals surface area contributed by atoms with Gasteiger partial charge in [0.2, 0.25) is 0 Å². The SMILES string of the molecule is COC(=O)Cc1cc(N(CC(C)C)CC(C)C)c2ccccc2n1. The molecule has 4 nitrogen and oxygen atoms in total. The molecule has 130 valence electrons. The Kier molecular flexibility index (Phi) is 6.18. The molecule has 0 fully saturated rings. The van der Waals surface area contributed by atoms with Crippen molar-refractivity contribution < 1.29 is 9.53 Å². The predicted octanol–water partition coefficient (Wildman–Crippen LogP) is 4.07. The van der Waals surface area contributed by atoms with Gasteiger partial charge in [-0.3, -0.25) is 9.78 Å². The molecule has 0 bridgehead atoms. The van der Waals surface area contributed by atoms with E-state index in [0.717, 1.165) is 35.4 Å². The summed E-state index contributed by atoms with van der Waals surface area (Å²) in [7, 11) is 1.41. The average molecular weight is 328 g/mol. The number of para-hydroxylation sites is 1. The van der Waals surface area contributed by atoms with Gasteiger partial charge < -0.3 is 9.64 Å². The zero-order valence-electron chi connectivity index (χ0n) is 15.4. The Hall–Kier alpha value is -2.10. The van der Waals surface area contributed by atoms with Crippen LogP contribution in [0, 0.1) is 11.8 Å². The molecule has 0 aliphatic carbocycles. The van der Waals surface area contributed by atoms with Crippen LogP contribution in [0.2, 0.25) is 0 Å². The van der Waals surface area contributed by atoms with Gasteiger partial charge in [0.05, 0.1) is 24.7 Å². The molecule has 1 aromatic carbocycles. The van der Waals surface area contributed by atoms with E-state index in [4.69, 9.17) is 4.74 Å². The Morgan fingerprint density at radius 1 is 1.12 bits per heavy atom. The Morgan fingerprint density at radius 2 is 1.75 bits per heavy atom. The maximum atomic E-state index is 11.7. The molecule has 1 heterocycles. The molecular formula is C20H28N2O2. The number of carbonyl (C=O) groups is 1. The molecule has 0 atom stereocenters. The summed E-state index contributed by atoms with van der Waals surface area (Å²) in [6.45, 7) is 10.9. The molecule has 1 aromatic heterocycles. The molecule has 0 N–H and O–H groups in total. The van der Waals surface area contributed by atoms with Gasteiger partial charge in [-0.05, 0) is 24.0 Å². The van der Waals surface area contributed by atoms with Crippen LogP contribution in [-0.4, -0.2) is 31.2 Å². The standard InChI is InChI=1S/C20H28N2O2/c1-14(2)12-22(13-15(3)4)19-10-16(11-20(23)24-5)21-18-9-7-6-8-17(18)19/h6-10,14-15H,11-13H2,1-5H3. The van der Waals surface area contributed by atoms with Gasteiger partial charge >= 0.3 is 5.97 Å². The van der Waals surface area contributed by atoms with Crippen molar-refractivity contribution in [1.29, 1.82) is 0 Å². The van der Waals surface area contributed by atoms with E-state index in [-0.39, 0.29) is 12.4 Å². The van der Waals surface area contributed by atoms with Crippen molar-refractivity contribution in [3.8, 4) is 0 Å². The summed E-state index contributed by atoms with van der Waals surface area (Å²) in [4.78, 5) is 18.7. The Labute approximate surface area is 144 Å². The molecule has 0 unspecified atom stereocenters. The van der Waals surface area contributed by atoms with Gasteiger partial charge in [-0.1, -0.05) is 45.9 Å². The summed E-state index contributed by atoms with van der Waals surface area (Å²) in [6, 6.07) is 10.2. The Morgan fingerprint density at radius 3 is 2.33 bits per heavy atom. The van der Waals surface area contributed by atoms with Crippen LogP contribution < -0.4 is 4.90 Å². The van der Waals surface area contributed by atoms with Crippen LogP contribution in [0.5, 0.6) is 0 Å². The smallest absolute Gasteiger partial charge is 0.311 e. The summed E-state index contributed by atoms with van der Waals surface area (Å²) in [5, 5.41) is 1.13. The van der Waals surface area contributed by atoms with Crippen LogP contribution in [0.25, 0.3) is 10.9 Å². The highest BCUT2D eigenvalue weighted by atomic mass is 16.5. The lowest BCUT2D eigenvalue weighted by Crippen LogP contribution is -2.31. The number of nitrogens with zero attached hydrogens (tertiary/aromatic N) is 2. The topological polar surface area (TPSA) is 42.4 Å². The van der Waals surface area contributed by atoms with E-state index in [2.05, 4.69) is 43.6 Å². The number of ether oxygens (including phenoxy) is 1. The fourth-order valence-electron chi connectivity index (χ4n) is 2.94. The fourth-order valence-corrected chi connectivity index (χ4v) is 2.94. The van der Waals surface area contributed by atoms with E-state index in [1.165, 1.54) is 7.11 Å². The molecule has 0 spiro atoms. The van der Waals surface area contributed by atoms with Gasteiger partial charge in [0.15, 0.2) is 0 Å². The molecule has 0 saturated heterocycles. The molecule has 24 heavy (non-hydrogen) atoms. The zero-order chi connectivity index (χ0) is 17.7. The quantitative estimate of drug-likeness (QED) is 0.719. The van der Waals surface area contributed by atoms with E-state index in [0.29, 0.717) is 11.8 Å². The normalized spacial score (nSPS) is 11.3. The van der Waals surface area contributed by atoms with Gasteiger partial charge in [0.25, 0.3) is 0 Å². The molecule has 0 amide bonds. The molecule has 0 aliphatic heterocycles. The lowest BCUT2D eigenvalue weighted by Gasteiger charge is -2.30. The minimum atomic E-state index is -0.261. The summed E-state index contributed by atoms with van der Waals surface area (Å²) in [6.07, 6.45) is 0.200. The van der Waals surface area contributed by atoms with E-state index >= 15 is 0 Å². The first kappa shape index (κ1) is 18.2. The van der Waals surface area contributed by atoms with Gasteiger partial charge in [-0.2, -0.15) is 0 Å². The van der Waals surface area contributed by atoms with Gasteiger partial charge in [-0.15, -0.1) is 0 Å². The van der Waals surface area contributed by atoms with Gasteiger partial charge in [0, 0.05) is 24.2 Å². The van der Waals surface area contributed by atoms with E-state index in [1.807, 2.05) is 24.3 Å². The Bertz CT molecular complexity index is 685. The number of methoxy groups -OCH3 is 1. The second kappa shape index (κ2) is 8.13. The summed E-state index contributed by atoms with van der Waals surface area (Å²) in [5.41, 5.74) is 2.83. The minimum absolute atomic E-state index is 0.200. The molecular weight excluding hydrogens is 300 g/mol. The summed E-state index contributed by atoms with van der Waals surface area (Å²) < 4.78 is 4.80. The second-order valence-electron chi connectivity index (χ2n) is 7.10. The van der Waals surface area contributed by atoms with Crippen molar-refractivity contribution in [2.45, 2.75) is 34.1 Å². The molecule has 0 saturated carbocycles. The number of esters is 1. The number of carbonyl (C=O) groups excluding carboxylic acids is 1. The highest BCUT2D eigenvalue weighted by Crippen LogP contribution is 2.28. The minimum Gasteiger partial charge on any atom is -0.469 e. The maximum Gasteiger partial charge on any atom is 0.311 e. The highest BCUT2D eigenvalue weighted by Gasteiger charge is 2.16. The number of pyridine rings is 1. The maximum absolute atomic E-state index is 11.7. The lowest BCUT2D eigenvalue weighted by atomic mass is 10.1. The Balaban J connectivity index is 2.52. The third kappa shape index (κ3) is 4.70. The van der Waals surface area contributed by atoms with Crippen LogP contribution >= 0.6 is 0 Å². The van der Waals surface area contributed by atoms with E-state index in [1.54, 1.807) is 0 Å². The molecule has 4 heteroatoms. The van der Waals surface area contributed by atoms with Gasteiger partial charge in [-0.25, -0.2) is 0 Å². The number of fused-ring (bicyclic) bond motifs is 1. The largest absolute Gasteiger partial charge is 0.469 e. The fraction of sp³-hybridized carbons (Fsp3) is 0.500. The third-order valence-electron chi connectivity index (χ3n) is 3.81. The van der Waals surface area contributed by atoms with E-state index < -0.39 is 0 Å². The third-order valence-corrected chi connectivity index (χ3v) is 3.81. The van der Waals surface area contributed by atoms with Crippen LogP contribution in [0.4, 0.5) is 5.69 Å². The number of anilines is 1. The first-order valence-electron chi connectivity index (χ1n) is 8.61. The van der Waals surface area contributed by atoms with Crippen molar-refractivity contribution in [2.24, 2.45) is 11.8 Å². The van der Waals surface area contributed by atoms with Crippen molar-refractivity contribution in [2.75, 3.05) is 25.1 Å². The lowest BCUT2D eigenvalue weighted by molar-refractivity contribution is -0.139. The molecule has 0 radical (unpaired) electrons. The molecule has 2 rings (SSSR count). The van der Waals surface area contributed by atoms with Crippen LogP contribution in [0.15, 0.2) is 30.3 Å². The number of benzene rings is 1. The van der Waals surface area contributed by atoms with Crippen molar-refractivity contribution in [1.82, 2.24) is 4.98 Å². The van der Waals surface area contributed by atoms with E-state index in [9.17, 15) is 4.79 Å². The molecule has 0 aliphatic rings. The number of aromatic nitrogens is 1. The number of hydrogen-bond acceptors (Lipinski definition) is 4. The summed E-state index contributed by atoms with van der Waals surface area (Å²) >= 11 is 0. The van der Waals surface area contributed by atoms with Crippen molar-refractivity contribution in [3.63, 3.8) is 0 Å². The monoisotopic (exact) mass is 328 g/mol. The number of hydrogen-bond donors (Lipinski definition) is 0. The average Bonchev–Trinajstić information content (AvgIpc) is 2.52. The number of rotatable bonds is 7. The van der Waals surface area contributed by atoms with Crippen molar-refractivity contribution in [3.05, 3.63) is 36.0 Å². The predicted molar refractivity (Wildman–Crippen MR) is 99.4 cm³/mol. The second-order valence-corrected chi connectivity index (χ2v) is 7.10. The van der Waals surface area contributed by atoms with Crippen LogP contribution in [-0.2, 0) is 16.0 Å². The van der Waals surface area contributed by atoms with Crippen molar-refractivity contribution >= 4 is 22.6 Å². The highest BCUT2D eigenvalue weighted by molar-refractivity contribution is 5.92. The summed E-state index contributed by atoms with van der Waals surface area (Å²) in [5.74, 6) is 0.850. The van der Waals surface area contributed by atoms with Crippen LogP contribution in [0.3, 0.4) is 0 Å². The zero-order valence-corrected chi connectivity index (χ0v) is 15.4. The first-order chi connectivity index (χ1) is 11.4. The first-order valence-corrected chi connectivity index (χ1v) is 8.61. The van der Waals surface area contributed by atoms with Gasteiger partial charge in [0.1, 0.15) is 0 Å². The molecule has 2 aromatic rings.